The van der Waals surface area contributed by atoms with Gasteiger partial charge in [0.25, 0.3) is 0 Å². The maximum absolute atomic E-state index is 5.03. The fourth-order valence-corrected chi connectivity index (χ4v) is 3.93. The molecule has 23 heavy (non-hydrogen) atoms. The summed E-state index contributed by atoms with van der Waals surface area (Å²) < 4.78 is 2.28. The third-order valence-electron chi connectivity index (χ3n) is 4.72. The number of hydrogen-bond acceptors (Lipinski definition) is 1. The van der Waals surface area contributed by atoms with E-state index in [1.807, 2.05) is 0 Å². The summed E-state index contributed by atoms with van der Waals surface area (Å²) >= 11 is 5.03. The Kier molecular flexibility index (Phi) is 20.8. The van der Waals surface area contributed by atoms with Gasteiger partial charge in [0.1, 0.15) is 0 Å². The van der Waals surface area contributed by atoms with Gasteiger partial charge in [0.15, 0.2) is 0 Å². The SMILES string of the molecule is CCCCCCCCCCCCCCCCCCN(CC)[S+]=S. The van der Waals surface area contributed by atoms with Crippen LogP contribution in [-0.2, 0) is 21.7 Å². The van der Waals surface area contributed by atoms with Gasteiger partial charge >= 0.3 is 21.7 Å². The van der Waals surface area contributed by atoms with Crippen LogP contribution in [-0.4, -0.2) is 17.4 Å². The lowest BCUT2D eigenvalue weighted by Crippen LogP contribution is -2.18. The highest BCUT2D eigenvalue weighted by Gasteiger charge is 2.08. The van der Waals surface area contributed by atoms with Crippen LogP contribution in [0.3, 0.4) is 0 Å². The van der Waals surface area contributed by atoms with Crippen molar-refractivity contribution in [3.63, 3.8) is 0 Å². The minimum atomic E-state index is 1.08. The molecule has 0 N–H and O–H groups in total. The zero-order valence-corrected chi connectivity index (χ0v) is 17.6. The van der Waals surface area contributed by atoms with Crippen molar-refractivity contribution >= 4 is 21.7 Å². The highest BCUT2D eigenvalue weighted by atomic mass is 32.8. The van der Waals surface area contributed by atoms with E-state index in [9.17, 15) is 0 Å². The predicted molar refractivity (Wildman–Crippen MR) is 112 cm³/mol. The lowest BCUT2D eigenvalue weighted by Gasteiger charge is -2.04. The molecule has 0 amide bonds. The van der Waals surface area contributed by atoms with Crippen LogP contribution in [0.15, 0.2) is 0 Å². The molecule has 0 rings (SSSR count). The van der Waals surface area contributed by atoms with Crippen LogP contribution in [0.1, 0.15) is 117 Å². The molecule has 0 aromatic heterocycles. The van der Waals surface area contributed by atoms with E-state index < -0.39 is 0 Å². The highest BCUT2D eigenvalue weighted by Crippen LogP contribution is 2.13. The standard InChI is InChI=1S/C20H42NS2/c1-3-5-6-7-8-9-10-11-12-13-14-15-16-17-18-19-20-21(4-2)23-22/h3-20H2,1-2H3/q+1. The topological polar surface area (TPSA) is 3.24 Å². The van der Waals surface area contributed by atoms with E-state index in [0.717, 1.165) is 6.54 Å². The molecule has 0 heterocycles. The van der Waals surface area contributed by atoms with Crippen molar-refractivity contribution in [2.24, 2.45) is 0 Å². The Hall–Kier alpha value is 0.400. The van der Waals surface area contributed by atoms with E-state index in [2.05, 4.69) is 18.2 Å². The van der Waals surface area contributed by atoms with E-state index in [1.165, 1.54) is 120 Å². The van der Waals surface area contributed by atoms with Crippen LogP contribution < -0.4 is 0 Å². The minimum Gasteiger partial charge on any atom is -0.0654 e. The van der Waals surface area contributed by atoms with E-state index in [1.54, 1.807) is 0 Å². The summed E-state index contributed by atoms with van der Waals surface area (Å²) in [5.41, 5.74) is 0. The largest absolute Gasteiger partial charge is 0.395 e. The molecule has 0 radical (unpaired) electrons. The second kappa shape index (κ2) is 20.4. The number of rotatable bonds is 19. The van der Waals surface area contributed by atoms with E-state index in [0.29, 0.717) is 0 Å². The molecule has 0 aliphatic rings. The molecule has 0 aliphatic heterocycles. The van der Waals surface area contributed by atoms with Crippen LogP contribution in [0.25, 0.3) is 0 Å². The summed E-state index contributed by atoms with van der Waals surface area (Å²) in [6, 6.07) is 0. The quantitative estimate of drug-likeness (QED) is 0.138. The van der Waals surface area contributed by atoms with E-state index in [4.69, 9.17) is 11.2 Å². The highest BCUT2D eigenvalue weighted by molar-refractivity contribution is 8.16. The van der Waals surface area contributed by atoms with Crippen LogP contribution in [0.4, 0.5) is 0 Å². The molecule has 0 fully saturated rings. The van der Waals surface area contributed by atoms with Gasteiger partial charge < -0.3 is 0 Å². The van der Waals surface area contributed by atoms with Crippen LogP contribution in [0.5, 0.6) is 0 Å². The maximum Gasteiger partial charge on any atom is 0.395 e. The van der Waals surface area contributed by atoms with Crippen molar-refractivity contribution < 1.29 is 0 Å². The molecule has 0 saturated carbocycles. The number of hydrogen-bond donors (Lipinski definition) is 0. The second-order valence-electron chi connectivity index (χ2n) is 6.90. The van der Waals surface area contributed by atoms with E-state index >= 15 is 0 Å². The van der Waals surface area contributed by atoms with Crippen molar-refractivity contribution in [2.45, 2.75) is 117 Å². The molecular weight excluding hydrogens is 318 g/mol. The fraction of sp³-hybridized carbons (Fsp3) is 1.00. The van der Waals surface area contributed by atoms with Crippen LogP contribution in [0.2, 0.25) is 0 Å². The Morgan fingerprint density at radius 3 is 1.22 bits per heavy atom. The minimum absolute atomic E-state index is 1.08. The molecule has 1 nitrogen and oxygen atoms in total. The van der Waals surface area contributed by atoms with Crippen molar-refractivity contribution in [1.29, 1.82) is 0 Å². The first kappa shape index (κ1) is 23.4. The predicted octanol–water partition coefficient (Wildman–Crippen LogP) is 7.03. The fourth-order valence-electron chi connectivity index (χ4n) is 3.08. The molecule has 0 saturated heterocycles. The molecule has 0 aromatic rings. The summed E-state index contributed by atoms with van der Waals surface area (Å²) in [6.45, 7) is 6.73. The van der Waals surface area contributed by atoms with Gasteiger partial charge in [-0.15, -0.1) is 0 Å². The third kappa shape index (κ3) is 18.6. The Morgan fingerprint density at radius 1 is 0.565 bits per heavy atom. The zero-order chi connectivity index (χ0) is 17.0. The Bertz CT molecular complexity index is 234. The molecule has 138 valence electrons. The summed E-state index contributed by atoms with van der Waals surface area (Å²) in [7, 11) is 1.47. The van der Waals surface area contributed by atoms with Gasteiger partial charge in [-0.3, -0.25) is 0 Å². The zero-order valence-electron chi connectivity index (χ0n) is 16.0. The van der Waals surface area contributed by atoms with Crippen molar-refractivity contribution in [2.75, 3.05) is 13.1 Å². The summed E-state index contributed by atoms with van der Waals surface area (Å²) in [4.78, 5) is 0. The van der Waals surface area contributed by atoms with Crippen molar-refractivity contribution in [3.8, 4) is 0 Å². The maximum atomic E-state index is 5.03. The lowest BCUT2D eigenvalue weighted by molar-refractivity contribution is 0.462. The summed E-state index contributed by atoms with van der Waals surface area (Å²) in [5.74, 6) is 0. The van der Waals surface area contributed by atoms with Crippen LogP contribution >= 0.6 is 0 Å². The first-order valence-electron chi connectivity index (χ1n) is 10.4. The second-order valence-corrected chi connectivity index (χ2v) is 8.01. The monoisotopic (exact) mass is 360 g/mol. The van der Waals surface area contributed by atoms with Crippen LogP contribution in [0, 0.1) is 0 Å². The van der Waals surface area contributed by atoms with E-state index in [-0.39, 0.29) is 0 Å². The first-order valence-corrected chi connectivity index (χ1v) is 12.1. The van der Waals surface area contributed by atoms with Gasteiger partial charge in [-0.05, 0) is 17.6 Å². The normalized spacial score (nSPS) is 11.3. The smallest absolute Gasteiger partial charge is 0.0654 e. The molecule has 3 heteroatoms. The van der Waals surface area contributed by atoms with Crippen molar-refractivity contribution in [1.82, 2.24) is 4.31 Å². The summed E-state index contributed by atoms with van der Waals surface area (Å²) in [6.07, 6.45) is 23.0. The first-order chi connectivity index (χ1) is 11.3. The van der Waals surface area contributed by atoms with Gasteiger partial charge in [-0.2, -0.15) is 0 Å². The molecule has 0 aromatic carbocycles. The molecule has 0 atom stereocenters. The molecule has 0 spiro atoms. The molecule has 0 unspecified atom stereocenters. The molecule has 0 aliphatic carbocycles. The van der Waals surface area contributed by atoms with Gasteiger partial charge in [0.2, 0.25) is 0 Å². The molecule has 0 bridgehead atoms. The Labute approximate surface area is 155 Å². The average Bonchev–Trinajstić information content (AvgIpc) is 2.58. The summed E-state index contributed by atoms with van der Waals surface area (Å²) in [5, 5.41) is 0. The van der Waals surface area contributed by atoms with Gasteiger partial charge in [-0.1, -0.05) is 103 Å². The number of nitrogens with zero attached hydrogens (tertiary/aromatic N) is 1. The van der Waals surface area contributed by atoms with Gasteiger partial charge in [-0.25, -0.2) is 0 Å². The van der Waals surface area contributed by atoms with Crippen molar-refractivity contribution in [3.05, 3.63) is 0 Å². The lowest BCUT2D eigenvalue weighted by atomic mass is 10.0. The Balaban J connectivity index is 3.04. The third-order valence-corrected chi connectivity index (χ3v) is 6.00. The average molecular weight is 361 g/mol. The van der Waals surface area contributed by atoms with Gasteiger partial charge in [0.05, 0.1) is 13.1 Å². The van der Waals surface area contributed by atoms with Gasteiger partial charge in [0, 0.05) is 0 Å². The Morgan fingerprint density at radius 2 is 0.913 bits per heavy atom. The molecular formula is C20H42NS2+. The number of unbranched alkanes of at least 4 members (excludes halogenated alkanes) is 15.